The van der Waals surface area contributed by atoms with Gasteiger partial charge in [-0.15, -0.1) is 0 Å². The quantitative estimate of drug-likeness (QED) is 0.765. The number of aromatic amines is 1. The fraction of sp³-hybridized carbons (Fsp3) is 0.333. The minimum atomic E-state index is -0.370. The Morgan fingerprint density at radius 3 is 2.65 bits per heavy atom. The van der Waals surface area contributed by atoms with Crippen LogP contribution in [-0.4, -0.2) is 29.1 Å². The Bertz CT molecular complexity index is 699. The number of nitriles is 1. The molecule has 2 rings (SSSR count). The Morgan fingerprint density at radius 1 is 1.39 bits per heavy atom. The molecule has 1 aromatic heterocycles. The maximum absolute atomic E-state index is 12.2. The van der Waals surface area contributed by atoms with Crippen LogP contribution in [0.15, 0.2) is 42.6 Å². The van der Waals surface area contributed by atoms with Gasteiger partial charge in [0.2, 0.25) is 0 Å². The third-order valence-electron chi connectivity index (χ3n) is 4.09. The zero-order chi connectivity index (χ0) is 16.9. The van der Waals surface area contributed by atoms with E-state index in [4.69, 9.17) is 5.26 Å². The van der Waals surface area contributed by atoms with Gasteiger partial charge in [-0.25, -0.2) is 0 Å². The normalized spacial score (nSPS) is 12.4. The highest BCUT2D eigenvalue weighted by Crippen LogP contribution is 2.34. The maximum atomic E-state index is 12.2. The average Bonchev–Trinajstić information content (AvgIpc) is 3.05. The lowest BCUT2D eigenvalue weighted by molar-refractivity contribution is 0.0920. The van der Waals surface area contributed by atoms with E-state index in [-0.39, 0.29) is 23.8 Å². The van der Waals surface area contributed by atoms with Crippen LogP contribution in [0, 0.1) is 16.7 Å². The highest BCUT2D eigenvalue weighted by molar-refractivity contribution is 5.94. The lowest BCUT2D eigenvalue weighted by Gasteiger charge is -2.33. The van der Waals surface area contributed by atoms with Crippen LogP contribution < -0.4 is 5.32 Å². The predicted molar refractivity (Wildman–Crippen MR) is 87.9 cm³/mol. The van der Waals surface area contributed by atoms with Crippen LogP contribution in [0.25, 0.3) is 0 Å². The van der Waals surface area contributed by atoms with Crippen LogP contribution in [0.3, 0.4) is 0 Å². The van der Waals surface area contributed by atoms with Gasteiger partial charge >= 0.3 is 0 Å². The van der Waals surface area contributed by atoms with Gasteiger partial charge in [-0.1, -0.05) is 44.2 Å². The van der Waals surface area contributed by atoms with Crippen molar-refractivity contribution in [1.82, 2.24) is 10.3 Å². The van der Waals surface area contributed by atoms with E-state index in [1.807, 2.05) is 50.2 Å². The minimum absolute atomic E-state index is 0.0190. The van der Waals surface area contributed by atoms with Crippen LogP contribution in [0.4, 0.5) is 0 Å². The SMILES string of the molecule is CC(C)(CO)C(CNC(=O)c1c[nH]c(C#N)c1)c1ccccc1. The smallest absolute Gasteiger partial charge is 0.252 e. The second-order valence-corrected chi connectivity index (χ2v) is 6.23. The first-order valence-electron chi connectivity index (χ1n) is 7.50. The zero-order valence-electron chi connectivity index (χ0n) is 13.3. The number of amides is 1. The van der Waals surface area contributed by atoms with E-state index in [2.05, 4.69) is 10.3 Å². The van der Waals surface area contributed by atoms with Crippen molar-refractivity contribution in [2.75, 3.05) is 13.2 Å². The van der Waals surface area contributed by atoms with E-state index in [0.29, 0.717) is 17.8 Å². The van der Waals surface area contributed by atoms with Gasteiger partial charge in [0.25, 0.3) is 5.91 Å². The molecule has 0 fully saturated rings. The lowest BCUT2D eigenvalue weighted by Crippen LogP contribution is -2.36. The zero-order valence-corrected chi connectivity index (χ0v) is 13.3. The summed E-state index contributed by atoms with van der Waals surface area (Å²) in [6.07, 6.45) is 1.52. The van der Waals surface area contributed by atoms with Crippen molar-refractivity contribution < 1.29 is 9.90 Å². The molecular weight excluding hydrogens is 290 g/mol. The number of hydrogen-bond donors (Lipinski definition) is 3. The highest BCUT2D eigenvalue weighted by atomic mass is 16.3. The van der Waals surface area contributed by atoms with Crippen molar-refractivity contribution in [1.29, 1.82) is 5.26 Å². The van der Waals surface area contributed by atoms with Gasteiger partial charge in [-0.3, -0.25) is 4.79 Å². The number of nitrogens with one attached hydrogen (secondary N) is 2. The van der Waals surface area contributed by atoms with E-state index in [9.17, 15) is 9.90 Å². The molecule has 0 aliphatic heterocycles. The summed E-state index contributed by atoms with van der Waals surface area (Å²) in [4.78, 5) is 15.0. The van der Waals surface area contributed by atoms with Gasteiger partial charge in [0.15, 0.2) is 0 Å². The third kappa shape index (κ3) is 3.99. The van der Waals surface area contributed by atoms with Crippen molar-refractivity contribution >= 4 is 5.91 Å². The summed E-state index contributed by atoms with van der Waals surface area (Å²) in [7, 11) is 0. The molecule has 1 heterocycles. The number of carbonyl (C=O) groups excluding carboxylic acids is 1. The average molecular weight is 311 g/mol. The Morgan fingerprint density at radius 2 is 2.09 bits per heavy atom. The second-order valence-electron chi connectivity index (χ2n) is 6.23. The number of rotatable bonds is 6. The standard InChI is InChI=1S/C18H21N3O2/c1-18(2,12-22)16(13-6-4-3-5-7-13)11-21-17(23)14-8-15(9-19)20-10-14/h3-8,10,16,20,22H,11-12H2,1-2H3,(H,21,23). The summed E-state index contributed by atoms with van der Waals surface area (Å²) in [6.45, 7) is 4.37. The Balaban J connectivity index is 2.13. The number of aliphatic hydroxyl groups excluding tert-OH is 1. The maximum Gasteiger partial charge on any atom is 0.252 e. The number of H-pyrrole nitrogens is 1. The second kappa shape index (κ2) is 7.12. The van der Waals surface area contributed by atoms with E-state index in [1.54, 1.807) is 0 Å². The summed E-state index contributed by atoms with van der Waals surface area (Å²) in [5, 5.41) is 21.4. The molecule has 2 aromatic rings. The van der Waals surface area contributed by atoms with Crippen molar-refractivity contribution in [3.8, 4) is 6.07 Å². The van der Waals surface area contributed by atoms with Crippen LogP contribution in [0.1, 0.15) is 41.4 Å². The summed E-state index contributed by atoms with van der Waals surface area (Å²) < 4.78 is 0. The number of aliphatic hydroxyl groups is 1. The topological polar surface area (TPSA) is 88.9 Å². The van der Waals surface area contributed by atoms with Gasteiger partial charge in [-0.2, -0.15) is 5.26 Å². The molecular formula is C18H21N3O2. The molecule has 0 saturated heterocycles. The van der Waals surface area contributed by atoms with Crippen molar-refractivity contribution in [3.05, 3.63) is 59.4 Å². The van der Waals surface area contributed by atoms with Gasteiger partial charge in [0.1, 0.15) is 11.8 Å². The highest BCUT2D eigenvalue weighted by Gasteiger charge is 2.30. The monoisotopic (exact) mass is 311 g/mol. The molecule has 0 aliphatic carbocycles. The lowest BCUT2D eigenvalue weighted by atomic mass is 9.75. The molecule has 0 radical (unpaired) electrons. The largest absolute Gasteiger partial charge is 0.396 e. The fourth-order valence-corrected chi connectivity index (χ4v) is 2.53. The fourth-order valence-electron chi connectivity index (χ4n) is 2.53. The van der Waals surface area contributed by atoms with Crippen LogP contribution in [0.5, 0.6) is 0 Å². The number of nitrogens with zero attached hydrogens (tertiary/aromatic N) is 1. The summed E-state index contributed by atoms with van der Waals surface area (Å²) in [5.74, 6) is -0.260. The molecule has 1 atom stereocenters. The van der Waals surface area contributed by atoms with Gasteiger partial charge in [0, 0.05) is 25.3 Å². The molecule has 0 spiro atoms. The predicted octanol–water partition coefficient (Wildman–Crippen LogP) is 2.42. The molecule has 3 N–H and O–H groups in total. The number of carbonyl (C=O) groups is 1. The molecule has 0 bridgehead atoms. The van der Waals surface area contributed by atoms with Crippen LogP contribution >= 0.6 is 0 Å². The van der Waals surface area contributed by atoms with Gasteiger partial charge in [0.05, 0.1) is 5.56 Å². The first-order chi connectivity index (χ1) is 11.0. The molecule has 5 nitrogen and oxygen atoms in total. The third-order valence-corrected chi connectivity index (χ3v) is 4.09. The molecule has 5 heteroatoms. The number of aromatic nitrogens is 1. The van der Waals surface area contributed by atoms with Crippen LogP contribution in [-0.2, 0) is 0 Å². The summed E-state index contributed by atoms with van der Waals surface area (Å²) >= 11 is 0. The van der Waals surface area contributed by atoms with Crippen molar-refractivity contribution in [2.24, 2.45) is 5.41 Å². The molecule has 23 heavy (non-hydrogen) atoms. The molecule has 120 valence electrons. The first kappa shape index (κ1) is 16.8. The van der Waals surface area contributed by atoms with E-state index < -0.39 is 0 Å². The molecule has 1 unspecified atom stereocenters. The number of benzene rings is 1. The molecule has 1 aromatic carbocycles. The summed E-state index contributed by atoms with van der Waals surface area (Å²) in [6, 6.07) is 13.3. The molecule has 0 aliphatic rings. The first-order valence-corrected chi connectivity index (χ1v) is 7.50. The molecule has 1 amide bonds. The Labute approximate surface area is 136 Å². The van der Waals surface area contributed by atoms with E-state index in [1.165, 1.54) is 12.3 Å². The minimum Gasteiger partial charge on any atom is -0.396 e. The van der Waals surface area contributed by atoms with E-state index in [0.717, 1.165) is 5.56 Å². The van der Waals surface area contributed by atoms with E-state index >= 15 is 0 Å². The number of hydrogen-bond acceptors (Lipinski definition) is 3. The van der Waals surface area contributed by atoms with Crippen molar-refractivity contribution in [2.45, 2.75) is 19.8 Å². The van der Waals surface area contributed by atoms with Crippen LogP contribution in [0.2, 0.25) is 0 Å². The van der Waals surface area contributed by atoms with Gasteiger partial charge in [-0.05, 0) is 17.0 Å². The Kier molecular flexibility index (Phi) is 5.20. The van der Waals surface area contributed by atoms with Crippen molar-refractivity contribution in [3.63, 3.8) is 0 Å². The van der Waals surface area contributed by atoms with Gasteiger partial charge < -0.3 is 15.4 Å². The molecule has 0 saturated carbocycles. The summed E-state index contributed by atoms with van der Waals surface area (Å²) in [5.41, 5.74) is 1.48. The Hall–Kier alpha value is -2.58.